The van der Waals surface area contributed by atoms with Crippen LogP contribution < -0.4 is 5.32 Å². The van der Waals surface area contributed by atoms with E-state index in [1.807, 2.05) is 4.90 Å². The van der Waals surface area contributed by atoms with Crippen molar-refractivity contribution in [3.05, 3.63) is 0 Å². The highest BCUT2D eigenvalue weighted by atomic mass is 16.3. The number of fused-ring (bicyclic) bond motifs is 2. The van der Waals surface area contributed by atoms with E-state index in [1.54, 1.807) is 0 Å². The van der Waals surface area contributed by atoms with Crippen LogP contribution in [0.2, 0.25) is 0 Å². The maximum Gasteiger partial charge on any atom is 0.227 e. The van der Waals surface area contributed by atoms with Crippen molar-refractivity contribution in [1.29, 1.82) is 0 Å². The number of nitrogens with one attached hydrogen (secondary N) is 1. The zero-order chi connectivity index (χ0) is 11.1. The van der Waals surface area contributed by atoms with Crippen LogP contribution in [0.4, 0.5) is 0 Å². The number of aliphatic hydroxyl groups is 1. The summed E-state index contributed by atoms with van der Waals surface area (Å²) in [4.78, 5) is 14.2. The SMILES string of the molecule is O=C(C1CC2CCC1N2)N1CCC[C@H](O)C1. The molecule has 90 valence electrons. The molecule has 4 atom stereocenters. The molecule has 3 aliphatic rings. The van der Waals surface area contributed by atoms with Gasteiger partial charge in [0.25, 0.3) is 0 Å². The highest BCUT2D eigenvalue weighted by Crippen LogP contribution is 2.34. The van der Waals surface area contributed by atoms with Crippen LogP contribution >= 0.6 is 0 Å². The van der Waals surface area contributed by atoms with Crippen LogP contribution in [-0.4, -0.2) is 47.2 Å². The van der Waals surface area contributed by atoms with Crippen molar-refractivity contribution in [2.45, 2.75) is 50.3 Å². The second-order valence-electron chi connectivity index (χ2n) is 5.47. The molecule has 4 nitrogen and oxygen atoms in total. The van der Waals surface area contributed by atoms with E-state index in [0.717, 1.165) is 32.2 Å². The number of nitrogens with zero attached hydrogens (tertiary/aromatic N) is 1. The van der Waals surface area contributed by atoms with Gasteiger partial charge in [0.1, 0.15) is 0 Å². The van der Waals surface area contributed by atoms with Gasteiger partial charge in [0.05, 0.1) is 12.0 Å². The molecular weight excluding hydrogens is 204 g/mol. The van der Waals surface area contributed by atoms with Crippen molar-refractivity contribution in [2.75, 3.05) is 13.1 Å². The number of likely N-dealkylation sites (tertiary alicyclic amines) is 1. The van der Waals surface area contributed by atoms with Gasteiger partial charge in [-0.1, -0.05) is 0 Å². The largest absolute Gasteiger partial charge is 0.391 e. The molecule has 16 heavy (non-hydrogen) atoms. The number of hydrogen-bond donors (Lipinski definition) is 2. The third-order valence-corrected chi connectivity index (χ3v) is 4.33. The molecule has 0 spiro atoms. The molecule has 2 N–H and O–H groups in total. The van der Waals surface area contributed by atoms with E-state index in [-0.39, 0.29) is 17.9 Å². The number of carbonyl (C=O) groups is 1. The number of piperidine rings is 1. The fourth-order valence-electron chi connectivity index (χ4n) is 3.49. The highest BCUT2D eigenvalue weighted by Gasteiger charge is 2.44. The number of amides is 1. The van der Waals surface area contributed by atoms with E-state index in [9.17, 15) is 9.90 Å². The quantitative estimate of drug-likeness (QED) is 0.664. The van der Waals surface area contributed by atoms with Crippen LogP contribution in [0.25, 0.3) is 0 Å². The predicted octanol–water partition coefficient (Wildman–Crippen LogP) is 0.110. The van der Waals surface area contributed by atoms with Gasteiger partial charge in [-0.2, -0.15) is 0 Å². The van der Waals surface area contributed by atoms with Gasteiger partial charge >= 0.3 is 0 Å². The van der Waals surface area contributed by atoms with Crippen LogP contribution in [-0.2, 0) is 4.79 Å². The minimum Gasteiger partial charge on any atom is -0.391 e. The van der Waals surface area contributed by atoms with E-state index in [0.29, 0.717) is 18.6 Å². The summed E-state index contributed by atoms with van der Waals surface area (Å²) in [7, 11) is 0. The summed E-state index contributed by atoms with van der Waals surface area (Å²) in [6.45, 7) is 1.39. The molecule has 3 fully saturated rings. The first-order valence-electron chi connectivity index (χ1n) is 6.47. The fourth-order valence-corrected chi connectivity index (χ4v) is 3.49. The van der Waals surface area contributed by atoms with Crippen molar-refractivity contribution < 1.29 is 9.90 Å². The van der Waals surface area contributed by atoms with Crippen molar-refractivity contribution in [1.82, 2.24) is 10.2 Å². The summed E-state index contributed by atoms with van der Waals surface area (Å²) in [6, 6.07) is 0.991. The van der Waals surface area contributed by atoms with Gasteiger partial charge < -0.3 is 15.3 Å². The van der Waals surface area contributed by atoms with Crippen LogP contribution in [0.3, 0.4) is 0 Å². The minimum atomic E-state index is -0.302. The van der Waals surface area contributed by atoms with Crippen LogP contribution in [0, 0.1) is 5.92 Å². The smallest absolute Gasteiger partial charge is 0.227 e. The molecular formula is C12H20N2O2. The van der Waals surface area contributed by atoms with Crippen molar-refractivity contribution in [3.63, 3.8) is 0 Å². The van der Waals surface area contributed by atoms with Gasteiger partial charge in [0.15, 0.2) is 0 Å². The standard InChI is InChI=1S/C12H20N2O2/c15-9-2-1-5-14(7-9)12(16)10-6-8-3-4-11(10)13-8/h8-11,13,15H,1-7H2/t8?,9-,10?,11?/m0/s1. The fraction of sp³-hybridized carbons (Fsp3) is 0.917. The molecule has 0 aromatic rings. The van der Waals surface area contributed by atoms with Gasteiger partial charge in [0.2, 0.25) is 5.91 Å². The normalized spacial score (nSPS) is 42.7. The van der Waals surface area contributed by atoms with E-state index in [2.05, 4.69) is 5.32 Å². The minimum absolute atomic E-state index is 0.184. The summed E-state index contributed by atoms with van der Waals surface area (Å²) in [5, 5.41) is 13.1. The van der Waals surface area contributed by atoms with E-state index < -0.39 is 0 Å². The summed E-state index contributed by atoms with van der Waals surface area (Å²) in [6.07, 6.45) is 4.88. The van der Waals surface area contributed by atoms with E-state index >= 15 is 0 Å². The molecule has 3 rings (SSSR count). The van der Waals surface area contributed by atoms with Crippen molar-refractivity contribution in [2.24, 2.45) is 5.92 Å². The molecule has 1 amide bonds. The van der Waals surface area contributed by atoms with Crippen LogP contribution in [0.5, 0.6) is 0 Å². The van der Waals surface area contributed by atoms with Crippen molar-refractivity contribution in [3.8, 4) is 0 Å². The Labute approximate surface area is 96.0 Å². The Balaban J connectivity index is 1.64. The van der Waals surface area contributed by atoms with Gasteiger partial charge in [-0.05, 0) is 32.1 Å². The van der Waals surface area contributed by atoms with E-state index in [4.69, 9.17) is 0 Å². The third-order valence-electron chi connectivity index (χ3n) is 4.33. The first-order chi connectivity index (χ1) is 7.74. The lowest BCUT2D eigenvalue weighted by Crippen LogP contribution is -2.47. The molecule has 3 saturated heterocycles. The molecule has 3 aliphatic heterocycles. The maximum atomic E-state index is 12.3. The van der Waals surface area contributed by atoms with Gasteiger partial charge in [-0.15, -0.1) is 0 Å². The molecule has 3 unspecified atom stereocenters. The number of aliphatic hydroxyl groups excluding tert-OH is 1. The van der Waals surface area contributed by atoms with Crippen LogP contribution in [0.1, 0.15) is 32.1 Å². The number of β-amino-alcohol motifs (C(OH)–C–C–N with tert-alkyl or cyclic N) is 1. The number of carbonyl (C=O) groups excluding carboxylic acids is 1. The molecule has 0 radical (unpaired) electrons. The summed E-state index contributed by atoms with van der Waals surface area (Å²) in [5.74, 6) is 0.461. The Kier molecular flexibility index (Phi) is 2.64. The molecule has 3 heterocycles. The Morgan fingerprint density at radius 3 is 2.81 bits per heavy atom. The summed E-state index contributed by atoms with van der Waals surface area (Å²) >= 11 is 0. The molecule has 0 aliphatic carbocycles. The molecule has 4 heteroatoms. The topological polar surface area (TPSA) is 52.6 Å². The molecule has 0 saturated carbocycles. The lowest BCUT2D eigenvalue weighted by Gasteiger charge is -2.33. The zero-order valence-electron chi connectivity index (χ0n) is 9.56. The Bertz CT molecular complexity index is 295. The average molecular weight is 224 g/mol. The zero-order valence-corrected chi connectivity index (χ0v) is 9.56. The van der Waals surface area contributed by atoms with Gasteiger partial charge in [-0.3, -0.25) is 4.79 Å². The average Bonchev–Trinajstić information content (AvgIpc) is 2.89. The highest BCUT2D eigenvalue weighted by molar-refractivity contribution is 5.80. The first kappa shape index (κ1) is 10.5. The lowest BCUT2D eigenvalue weighted by molar-refractivity contribution is -0.139. The molecule has 0 aromatic heterocycles. The second kappa shape index (κ2) is 4.00. The Morgan fingerprint density at radius 1 is 1.31 bits per heavy atom. The Morgan fingerprint density at radius 2 is 2.19 bits per heavy atom. The second-order valence-corrected chi connectivity index (χ2v) is 5.47. The number of rotatable bonds is 1. The predicted molar refractivity (Wildman–Crippen MR) is 59.9 cm³/mol. The van der Waals surface area contributed by atoms with Crippen molar-refractivity contribution >= 4 is 5.91 Å². The lowest BCUT2D eigenvalue weighted by atomic mass is 9.87. The van der Waals surface area contributed by atoms with Crippen LogP contribution in [0.15, 0.2) is 0 Å². The third kappa shape index (κ3) is 1.74. The molecule has 0 aromatic carbocycles. The Hall–Kier alpha value is -0.610. The monoisotopic (exact) mass is 224 g/mol. The number of hydrogen-bond acceptors (Lipinski definition) is 3. The maximum absolute atomic E-state index is 12.3. The van der Waals surface area contributed by atoms with Gasteiger partial charge in [0, 0.05) is 25.2 Å². The van der Waals surface area contributed by atoms with E-state index in [1.165, 1.54) is 6.42 Å². The molecule has 2 bridgehead atoms. The summed E-state index contributed by atoms with van der Waals surface area (Å²) < 4.78 is 0. The van der Waals surface area contributed by atoms with Gasteiger partial charge in [-0.25, -0.2) is 0 Å². The first-order valence-corrected chi connectivity index (χ1v) is 6.47. The summed E-state index contributed by atoms with van der Waals surface area (Å²) in [5.41, 5.74) is 0.